The van der Waals surface area contributed by atoms with Gasteiger partial charge in [0.2, 0.25) is 5.91 Å². The van der Waals surface area contributed by atoms with Crippen LogP contribution in [0.3, 0.4) is 0 Å². The minimum atomic E-state index is -0.389. The SMILES string of the molecule is C=CCn1c(SCC(=O)Nc2ccc(C(=O)OCC)cc2)nnc1-c1csc(C)c1-c1ccccc1. The van der Waals surface area contributed by atoms with E-state index in [1.54, 1.807) is 48.6 Å². The third-order valence-electron chi connectivity index (χ3n) is 5.32. The fourth-order valence-corrected chi connectivity index (χ4v) is 5.31. The van der Waals surface area contributed by atoms with Crippen LogP contribution in [0.2, 0.25) is 0 Å². The monoisotopic (exact) mass is 518 g/mol. The van der Waals surface area contributed by atoms with Crippen molar-refractivity contribution in [1.29, 1.82) is 0 Å². The molecule has 0 spiro atoms. The van der Waals surface area contributed by atoms with E-state index in [2.05, 4.69) is 46.5 Å². The Bertz CT molecular complexity index is 1360. The van der Waals surface area contributed by atoms with Gasteiger partial charge in [0.15, 0.2) is 11.0 Å². The van der Waals surface area contributed by atoms with Crippen molar-refractivity contribution in [3.63, 3.8) is 0 Å². The molecule has 0 atom stereocenters. The number of allylic oxidation sites excluding steroid dienone is 1. The van der Waals surface area contributed by atoms with Gasteiger partial charge in [-0.1, -0.05) is 48.2 Å². The molecule has 1 N–H and O–H groups in total. The number of benzene rings is 2. The van der Waals surface area contributed by atoms with Gasteiger partial charge in [-0.3, -0.25) is 9.36 Å². The Hall–Kier alpha value is -3.69. The summed E-state index contributed by atoms with van der Waals surface area (Å²) in [5.41, 5.74) is 4.31. The molecule has 4 rings (SSSR count). The number of aryl methyl sites for hydroxylation is 1. The lowest BCUT2D eigenvalue weighted by molar-refractivity contribution is -0.113. The maximum atomic E-state index is 12.6. The Morgan fingerprint density at radius 2 is 1.89 bits per heavy atom. The smallest absolute Gasteiger partial charge is 0.338 e. The van der Waals surface area contributed by atoms with Crippen molar-refractivity contribution < 1.29 is 14.3 Å². The van der Waals surface area contributed by atoms with E-state index in [9.17, 15) is 9.59 Å². The zero-order valence-corrected chi connectivity index (χ0v) is 21.7. The fourth-order valence-electron chi connectivity index (χ4n) is 3.70. The number of rotatable bonds is 10. The standard InChI is InChI=1S/C27H26N4O3S2/c1-4-15-31-25(22-16-35-18(3)24(22)19-9-7-6-8-10-19)29-30-27(31)36-17-23(32)28-21-13-11-20(12-14-21)26(33)34-5-2/h4,6-14,16H,1,5,15,17H2,2-3H3,(H,28,32). The molecule has 0 unspecified atom stereocenters. The van der Waals surface area contributed by atoms with E-state index in [1.165, 1.54) is 16.6 Å². The van der Waals surface area contributed by atoms with Crippen molar-refractivity contribution in [1.82, 2.24) is 14.8 Å². The zero-order valence-electron chi connectivity index (χ0n) is 20.1. The maximum Gasteiger partial charge on any atom is 0.338 e. The number of hydrogen-bond acceptors (Lipinski definition) is 7. The molecule has 4 aromatic rings. The Morgan fingerprint density at radius 3 is 2.58 bits per heavy atom. The summed E-state index contributed by atoms with van der Waals surface area (Å²) in [6.07, 6.45) is 1.80. The van der Waals surface area contributed by atoms with Gasteiger partial charge >= 0.3 is 5.97 Å². The third-order valence-corrected chi connectivity index (χ3v) is 7.20. The Labute approximate surface area is 218 Å². The van der Waals surface area contributed by atoms with Gasteiger partial charge in [-0.25, -0.2) is 4.79 Å². The lowest BCUT2D eigenvalue weighted by atomic mass is 10.0. The van der Waals surface area contributed by atoms with Crippen LogP contribution in [0.25, 0.3) is 22.5 Å². The Balaban J connectivity index is 1.48. The van der Waals surface area contributed by atoms with Crippen LogP contribution in [0.5, 0.6) is 0 Å². The summed E-state index contributed by atoms with van der Waals surface area (Å²) in [5.74, 6) is 0.327. The highest BCUT2D eigenvalue weighted by molar-refractivity contribution is 7.99. The van der Waals surface area contributed by atoms with Crippen molar-refractivity contribution in [2.45, 2.75) is 25.5 Å². The summed E-state index contributed by atoms with van der Waals surface area (Å²) in [7, 11) is 0. The Morgan fingerprint density at radius 1 is 1.14 bits per heavy atom. The van der Waals surface area contributed by atoms with Gasteiger partial charge in [0.05, 0.1) is 17.9 Å². The quantitative estimate of drug-likeness (QED) is 0.156. The van der Waals surface area contributed by atoms with Crippen LogP contribution in [-0.4, -0.2) is 39.0 Å². The number of thiophene rings is 1. The minimum absolute atomic E-state index is 0.156. The number of ether oxygens (including phenoxy) is 1. The summed E-state index contributed by atoms with van der Waals surface area (Å²) in [6.45, 7) is 8.57. The molecule has 0 aliphatic rings. The molecule has 0 saturated heterocycles. The number of nitrogens with one attached hydrogen (secondary N) is 1. The summed E-state index contributed by atoms with van der Waals surface area (Å²) in [6, 6.07) is 16.8. The first-order valence-corrected chi connectivity index (χ1v) is 13.3. The second-order valence-electron chi connectivity index (χ2n) is 7.79. The predicted octanol–water partition coefficient (Wildman–Crippen LogP) is 6.08. The van der Waals surface area contributed by atoms with Crippen molar-refractivity contribution in [3.05, 3.63) is 83.1 Å². The Kier molecular flexibility index (Phi) is 8.35. The molecule has 9 heteroatoms. The second kappa shape index (κ2) is 11.8. The van der Waals surface area contributed by atoms with Gasteiger partial charge in [-0.2, -0.15) is 0 Å². The van der Waals surface area contributed by atoms with E-state index < -0.39 is 0 Å². The van der Waals surface area contributed by atoms with Gasteiger partial charge in [0.1, 0.15) is 0 Å². The van der Waals surface area contributed by atoms with E-state index in [0.29, 0.717) is 29.6 Å². The number of nitrogens with zero attached hydrogens (tertiary/aromatic N) is 3. The van der Waals surface area contributed by atoms with Gasteiger partial charge in [0, 0.05) is 33.6 Å². The van der Waals surface area contributed by atoms with Crippen molar-refractivity contribution in [3.8, 4) is 22.5 Å². The molecule has 36 heavy (non-hydrogen) atoms. The number of carbonyl (C=O) groups is 2. The molecule has 2 aromatic carbocycles. The molecular weight excluding hydrogens is 492 g/mol. The van der Waals surface area contributed by atoms with E-state index in [0.717, 1.165) is 22.5 Å². The minimum Gasteiger partial charge on any atom is -0.462 e. The van der Waals surface area contributed by atoms with Crippen molar-refractivity contribution in [2.24, 2.45) is 0 Å². The first-order valence-electron chi connectivity index (χ1n) is 11.4. The van der Waals surface area contributed by atoms with E-state index >= 15 is 0 Å². The first-order chi connectivity index (χ1) is 17.5. The number of carbonyl (C=O) groups excluding carboxylic acids is 2. The molecule has 0 bridgehead atoms. The van der Waals surface area contributed by atoms with Crippen LogP contribution in [-0.2, 0) is 16.1 Å². The van der Waals surface area contributed by atoms with Crippen LogP contribution < -0.4 is 5.32 Å². The fraction of sp³-hybridized carbons (Fsp3) is 0.185. The maximum absolute atomic E-state index is 12.6. The molecule has 2 heterocycles. The number of thioether (sulfide) groups is 1. The highest BCUT2D eigenvalue weighted by Crippen LogP contribution is 2.39. The van der Waals surface area contributed by atoms with Crippen LogP contribution in [0.15, 0.2) is 77.8 Å². The molecule has 1 amide bonds. The number of aromatic nitrogens is 3. The van der Waals surface area contributed by atoms with Gasteiger partial charge in [-0.15, -0.1) is 28.1 Å². The summed E-state index contributed by atoms with van der Waals surface area (Å²) in [4.78, 5) is 25.6. The molecular formula is C27H26N4O3S2. The van der Waals surface area contributed by atoms with Crippen molar-refractivity contribution in [2.75, 3.05) is 17.7 Å². The largest absolute Gasteiger partial charge is 0.462 e. The molecule has 0 fully saturated rings. The second-order valence-corrected chi connectivity index (χ2v) is 9.81. The summed E-state index contributed by atoms with van der Waals surface area (Å²) >= 11 is 2.99. The predicted molar refractivity (Wildman–Crippen MR) is 145 cm³/mol. The molecule has 184 valence electrons. The third kappa shape index (κ3) is 5.75. The molecule has 0 aliphatic carbocycles. The average molecular weight is 519 g/mol. The zero-order chi connectivity index (χ0) is 25.5. The van der Waals surface area contributed by atoms with E-state index in [-0.39, 0.29) is 17.6 Å². The molecule has 0 aliphatic heterocycles. The number of anilines is 1. The average Bonchev–Trinajstić information content (AvgIpc) is 3.46. The first kappa shape index (κ1) is 25.4. The van der Waals surface area contributed by atoms with Gasteiger partial charge in [-0.05, 0) is 43.7 Å². The normalized spacial score (nSPS) is 10.7. The molecule has 0 radical (unpaired) electrons. The highest BCUT2D eigenvalue weighted by Gasteiger charge is 2.20. The van der Waals surface area contributed by atoms with Crippen LogP contribution in [0, 0.1) is 6.92 Å². The van der Waals surface area contributed by atoms with Gasteiger partial charge < -0.3 is 10.1 Å². The molecule has 2 aromatic heterocycles. The summed E-state index contributed by atoms with van der Waals surface area (Å²) in [5, 5.41) is 14.5. The molecule has 0 saturated carbocycles. The summed E-state index contributed by atoms with van der Waals surface area (Å²) < 4.78 is 6.96. The number of esters is 1. The van der Waals surface area contributed by atoms with Crippen molar-refractivity contribution >= 4 is 40.7 Å². The van der Waals surface area contributed by atoms with E-state index in [1.807, 2.05) is 22.8 Å². The number of amides is 1. The van der Waals surface area contributed by atoms with Crippen LogP contribution in [0.4, 0.5) is 5.69 Å². The van der Waals surface area contributed by atoms with Gasteiger partial charge in [0.25, 0.3) is 0 Å². The van der Waals surface area contributed by atoms with E-state index in [4.69, 9.17) is 4.74 Å². The number of hydrogen-bond donors (Lipinski definition) is 1. The lowest BCUT2D eigenvalue weighted by Gasteiger charge is -2.10. The van der Waals surface area contributed by atoms with Crippen LogP contribution >= 0.6 is 23.1 Å². The molecule has 7 nitrogen and oxygen atoms in total. The van der Waals surface area contributed by atoms with Crippen LogP contribution in [0.1, 0.15) is 22.2 Å². The highest BCUT2D eigenvalue weighted by atomic mass is 32.2. The lowest BCUT2D eigenvalue weighted by Crippen LogP contribution is -2.15. The topological polar surface area (TPSA) is 86.1 Å².